The summed E-state index contributed by atoms with van der Waals surface area (Å²) < 4.78 is 5.19. The molecule has 0 aliphatic carbocycles. The zero-order chi connectivity index (χ0) is 20.8. The highest BCUT2D eigenvalue weighted by atomic mass is 35.5. The van der Waals surface area contributed by atoms with Gasteiger partial charge in [-0.15, -0.1) is 0 Å². The van der Waals surface area contributed by atoms with Crippen molar-refractivity contribution in [2.75, 3.05) is 29.5 Å². The molecule has 1 aliphatic heterocycles. The Morgan fingerprint density at radius 2 is 1.97 bits per heavy atom. The molecule has 0 saturated carbocycles. The normalized spacial score (nSPS) is 13.1. The first-order valence-corrected chi connectivity index (χ1v) is 9.38. The van der Waals surface area contributed by atoms with Gasteiger partial charge in [0.1, 0.15) is 6.54 Å². The van der Waals surface area contributed by atoms with Crippen LogP contribution in [0.1, 0.15) is 23.2 Å². The molecule has 29 heavy (non-hydrogen) atoms. The lowest BCUT2D eigenvalue weighted by molar-refractivity contribution is -0.121. The van der Waals surface area contributed by atoms with Gasteiger partial charge in [-0.1, -0.05) is 29.8 Å². The fourth-order valence-corrected chi connectivity index (χ4v) is 3.25. The van der Waals surface area contributed by atoms with Gasteiger partial charge in [0, 0.05) is 23.7 Å². The van der Waals surface area contributed by atoms with E-state index >= 15 is 0 Å². The van der Waals surface area contributed by atoms with Crippen molar-refractivity contribution in [3.05, 3.63) is 59.1 Å². The number of carbonyl (C=O) groups excluding carboxylic acids is 3. The largest absolute Gasteiger partial charge is 0.452 e. The number of hydrogen-bond donors (Lipinski definition) is 0. The van der Waals surface area contributed by atoms with E-state index in [9.17, 15) is 14.4 Å². The molecule has 1 saturated heterocycles. The summed E-state index contributed by atoms with van der Waals surface area (Å²) in [6, 6.07) is 15.1. The van der Waals surface area contributed by atoms with Gasteiger partial charge < -0.3 is 9.64 Å². The quantitative estimate of drug-likeness (QED) is 0.537. The molecule has 2 amide bonds. The molecule has 1 fully saturated rings. The average Bonchev–Trinajstić information content (AvgIpc) is 3.16. The molecule has 1 aliphatic rings. The van der Waals surface area contributed by atoms with Crippen LogP contribution >= 0.6 is 11.6 Å². The number of nitrogens with zero attached hydrogens (tertiary/aromatic N) is 3. The summed E-state index contributed by atoms with van der Waals surface area (Å²) in [5, 5.41) is 9.39. The predicted molar refractivity (Wildman–Crippen MR) is 108 cm³/mol. The molecule has 0 unspecified atom stereocenters. The standard InChI is InChI=1S/C21H18ClN3O4/c22-15-8-9-17(18(13-15)25-11-4-7-19(25)26)21(28)29-14-20(27)24(12-10-23)16-5-2-1-3-6-16/h1-3,5-6,8-9,13H,4,7,11-12,14H2. The summed E-state index contributed by atoms with van der Waals surface area (Å²) in [6.07, 6.45) is 1.10. The molecule has 0 aromatic heterocycles. The van der Waals surface area contributed by atoms with E-state index in [1.165, 1.54) is 28.0 Å². The maximum Gasteiger partial charge on any atom is 0.340 e. The average molecular weight is 412 g/mol. The number of hydrogen-bond acceptors (Lipinski definition) is 5. The van der Waals surface area contributed by atoms with Gasteiger partial charge in [0.05, 0.1) is 17.3 Å². The molecule has 0 spiro atoms. The lowest BCUT2D eigenvalue weighted by Gasteiger charge is -2.21. The topological polar surface area (TPSA) is 90.7 Å². The van der Waals surface area contributed by atoms with E-state index in [1.807, 2.05) is 6.07 Å². The Morgan fingerprint density at radius 1 is 1.21 bits per heavy atom. The van der Waals surface area contributed by atoms with E-state index < -0.39 is 18.5 Å². The highest BCUT2D eigenvalue weighted by molar-refractivity contribution is 6.31. The zero-order valence-corrected chi connectivity index (χ0v) is 16.3. The van der Waals surface area contributed by atoms with Crippen molar-refractivity contribution in [3.8, 4) is 6.07 Å². The highest BCUT2D eigenvalue weighted by Crippen LogP contribution is 2.29. The van der Waals surface area contributed by atoms with E-state index in [0.717, 1.165) is 0 Å². The van der Waals surface area contributed by atoms with Crippen LogP contribution in [-0.2, 0) is 14.3 Å². The SMILES string of the molecule is N#CCN(C(=O)COC(=O)c1ccc(Cl)cc1N1CCCC1=O)c1ccccc1. The molecule has 1 heterocycles. The summed E-state index contributed by atoms with van der Waals surface area (Å²) >= 11 is 6.04. The van der Waals surface area contributed by atoms with Gasteiger partial charge in [-0.3, -0.25) is 14.5 Å². The molecule has 0 atom stereocenters. The number of esters is 1. The number of carbonyl (C=O) groups is 3. The van der Waals surface area contributed by atoms with Crippen molar-refractivity contribution < 1.29 is 19.1 Å². The van der Waals surface area contributed by atoms with Crippen LogP contribution in [0.25, 0.3) is 0 Å². The minimum Gasteiger partial charge on any atom is -0.452 e. The molecule has 0 radical (unpaired) electrons. The zero-order valence-electron chi connectivity index (χ0n) is 15.5. The van der Waals surface area contributed by atoms with Crippen LogP contribution in [0, 0.1) is 11.3 Å². The Hall–Kier alpha value is -3.37. The number of anilines is 2. The summed E-state index contributed by atoms with van der Waals surface area (Å²) in [5.41, 5.74) is 1.06. The van der Waals surface area contributed by atoms with Gasteiger partial charge in [0.25, 0.3) is 5.91 Å². The van der Waals surface area contributed by atoms with E-state index in [2.05, 4.69) is 0 Å². The van der Waals surface area contributed by atoms with Crippen LogP contribution in [0.2, 0.25) is 5.02 Å². The van der Waals surface area contributed by atoms with Crippen LogP contribution in [0.4, 0.5) is 11.4 Å². The van der Waals surface area contributed by atoms with E-state index in [0.29, 0.717) is 35.8 Å². The molecular formula is C21H18ClN3O4. The molecule has 0 bridgehead atoms. The second kappa shape index (κ2) is 9.22. The number of para-hydroxylation sites is 1. The minimum atomic E-state index is -0.741. The Balaban J connectivity index is 1.74. The lowest BCUT2D eigenvalue weighted by Crippen LogP contribution is -2.35. The Kier molecular flexibility index (Phi) is 6.47. The number of benzene rings is 2. The van der Waals surface area contributed by atoms with Crippen molar-refractivity contribution >= 4 is 40.8 Å². The summed E-state index contributed by atoms with van der Waals surface area (Å²) in [5.74, 6) is -1.37. The van der Waals surface area contributed by atoms with Gasteiger partial charge in [-0.25, -0.2) is 4.79 Å². The Labute approximate surface area is 173 Å². The Bertz CT molecular complexity index is 972. The summed E-state index contributed by atoms with van der Waals surface area (Å²) in [6.45, 7) is -0.220. The molecular weight excluding hydrogens is 394 g/mol. The number of ether oxygens (including phenoxy) is 1. The smallest absolute Gasteiger partial charge is 0.340 e. The number of amides is 2. The molecule has 2 aromatic carbocycles. The summed E-state index contributed by atoms with van der Waals surface area (Å²) in [7, 11) is 0. The molecule has 2 aromatic rings. The maximum absolute atomic E-state index is 12.6. The van der Waals surface area contributed by atoms with Crippen molar-refractivity contribution in [2.45, 2.75) is 12.8 Å². The molecule has 148 valence electrons. The molecule has 3 rings (SSSR count). The number of nitriles is 1. The second-order valence-corrected chi connectivity index (χ2v) is 6.80. The third-order valence-electron chi connectivity index (χ3n) is 4.47. The van der Waals surface area contributed by atoms with Crippen molar-refractivity contribution in [3.63, 3.8) is 0 Å². The van der Waals surface area contributed by atoms with Crippen LogP contribution in [0.3, 0.4) is 0 Å². The lowest BCUT2D eigenvalue weighted by atomic mass is 10.1. The summed E-state index contributed by atoms with van der Waals surface area (Å²) in [4.78, 5) is 40.0. The first-order valence-electron chi connectivity index (χ1n) is 9.00. The van der Waals surface area contributed by atoms with Crippen LogP contribution < -0.4 is 9.80 Å². The first-order chi connectivity index (χ1) is 14.0. The molecule has 0 N–H and O–H groups in total. The van der Waals surface area contributed by atoms with Crippen LogP contribution in [0.5, 0.6) is 0 Å². The van der Waals surface area contributed by atoms with Crippen molar-refractivity contribution in [1.82, 2.24) is 0 Å². The van der Waals surface area contributed by atoms with Crippen molar-refractivity contribution in [2.24, 2.45) is 0 Å². The van der Waals surface area contributed by atoms with E-state index in [-0.39, 0.29) is 18.0 Å². The van der Waals surface area contributed by atoms with Gasteiger partial charge in [0.15, 0.2) is 6.61 Å². The minimum absolute atomic E-state index is 0.0957. The van der Waals surface area contributed by atoms with E-state index in [4.69, 9.17) is 21.6 Å². The highest BCUT2D eigenvalue weighted by Gasteiger charge is 2.27. The van der Waals surface area contributed by atoms with Gasteiger partial charge >= 0.3 is 5.97 Å². The third kappa shape index (κ3) is 4.73. The second-order valence-electron chi connectivity index (χ2n) is 6.36. The Morgan fingerprint density at radius 3 is 2.62 bits per heavy atom. The van der Waals surface area contributed by atoms with Crippen LogP contribution in [0.15, 0.2) is 48.5 Å². The molecule has 8 heteroatoms. The molecule has 7 nitrogen and oxygen atoms in total. The van der Waals surface area contributed by atoms with Gasteiger partial charge in [-0.2, -0.15) is 5.26 Å². The number of halogens is 1. The fraction of sp³-hybridized carbons (Fsp3) is 0.238. The fourth-order valence-electron chi connectivity index (χ4n) is 3.09. The third-order valence-corrected chi connectivity index (χ3v) is 4.70. The van der Waals surface area contributed by atoms with Crippen molar-refractivity contribution in [1.29, 1.82) is 5.26 Å². The number of rotatable bonds is 6. The van der Waals surface area contributed by atoms with Gasteiger partial charge in [0.2, 0.25) is 5.91 Å². The predicted octanol–water partition coefficient (Wildman–Crippen LogP) is 3.18. The van der Waals surface area contributed by atoms with E-state index in [1.54, 1.807) is 30.3 Å². The first kappa shape index (κ1) is 20.4. The van der Waals surface area contributed by atoms with Gasteiger partial charge in [-0.05, 0) is 36.8 Å². The monoisotopic (exact) mass is 411 g/mol. The maximum atomic E-state index is 12.6. The van der Waals surface area contributed by atoms with Crippen LogP contribution in [-0.4, -0.2) is 37.5 Å².